The van der Waals surface area contributed by atoms with Crippen molar-refractivity contribution in [2.45, 2.75) is 56.7 Å². The van der Waals surface area contributed by atoms with Crippen molar-refractivity contribution < 1.29 is 9.90 Å². The molecule has 0 heterocycles. The first-order valence-electron chi connectivity index (χ1n) is 7.79. The number of rotatable bonds is 4. The van der Waals surface area contributed by atoms with E-state index in [9.17, 15) is 9.90 Å². The first kappa shape index (κ1) is 14.5. The highest BCUT2D eigenvalue weighted by molar-refractivity contribution is 5.80. The van der Waals surface area contributed by atoms with Crippen LogP contribution in [0, 0.1) is 12.8 Å². The largest absolute Gasteiger partial charge is 0.391 e. The van der Waals surface area contributed by atoms with E-state index in [4.69, 9.17) is 5.73 Å². The van der Waals surface area contributed by atoms with Gasteiger partial charge in [0.1, 0.15) is 0 Å². The lowest BCUT2D eigenvalue weighted by Crippen LogP contribution is -2.42. The molecular formula is C17H24N2O2. The summed E-state index contributed by atoms with van der Waals surface area (Å²) in [7, 11) is 0. The minimum Gasteiger partial charge on any atom is -0.391 e. The Morgan fingerprint density at radius 3 is 2.67 bits per heavy atom. The molecule has 3 atom stereocenters. The van der Waals surface area contributed by atoms with Crippen LogP contribution in [0.2, 0.25) is 0 Å². The number of carbonyl (C=O) groups excluding carboxylic acids is 1. The van der Waals surface area contributed by atoms with E-state index in [-0.39, 0.29) is 23.4 Å². The molecule has 1 aromatic carbocycles. The second-order valence-corrected chi connectivity index (χ2v) is 6.77. The summed E-state index contributed by atoms with van der Waals surface area (Å²) in [6.07, 6.45) is 3.52. The predicted octanol–water partition coefficient (Wildman–Crippen LogP) is 1.28. The fourth-order valence-corrected chi connectivity index (χ4v) is 3.30. The first-order chi connectivity index (χ1) is 9.99. The van der Waals surface area contributed by atoms with E-state index in [1.54, 1.807) is 0 Å². The predicted molar refractivity (Wildman–Crippen MR) is 81.7 cm³/mol. The average Bonchev–Trinajstić information content (AvgIpc) is 3.11. The summed E-state index contributed by atoms with van der Waals surface area (Å²) in [4.78, 5) is 12.4. The molecule has 4 N–H and O–H groups in total. The van der Waals surface area contributed by atoms with Gasteiger partial charge in [0.2, 0.25) is 5.91 Å². The summed E-state index contributed by atoms with van der Waals surface area (Å²) in [5.41, 5.74) is 8.31. The fraction of sp³-hybridized carbons (Fsp3) is 0.588. The number of benzene rings is 1. The molecule has 114 valence electrons. The van der Waals surface area contributed by atoms with Crippen LogP contribution in [0.25, 0.3) is 0 Å². The lowest BCUT2D eigenvalue weighted by atomic mass is 9.98. The topological polar surface area (TPSA) is 75.4 Å². The maximum absolute atomic E-state index is 12.4. The molecule has 2 fully saturated rings. The van der Waals surface area contributed by atoms with Crippen molar-refractivity contribution in [2.75, 3.05) is 0 Å². The minimum absolute atomic E-state index is 0.0630. The number of nitrogens with two attached hydrogens (primary N) is 1. The zero-order valence-corrected chi connectivity index (χ0v) is 12.5. The van der Waals surface area contributed by atoms with Gasteiger partial charge in [0.25, 0.3) is 0 Å². The summed E-state index contributed by atoms with van der Waals surface area (Å²) < 4.78 is 0. The maximum atomic E-state index is 12.4. The van der Waals surface area contributed by atoms with E-state index in [1.165, 1.54) is 11.1 Å². The molecule has 0 aliphatic heterocycles. The Labute approximate surface area is 125 Å². The molecule has 4 heteroatoms. The van der Waals surface area contributed by atoms with Gasteiger partial charge in [-0.2, -0.15) is 0 Å². The molecule has 0 aromatic heterocycles. The van der Waals surface area contributed by atoms with Crippen LogP contribution in [-0.2, 0) is 11.2 Å². The van der Waals surface area contributed by atoms with Crippen molar-refractivity contribution in [3.8, 4) is 0 Å². The van der Waals surface area contributed by atoms with Crippen molar-refractivity contribution in [3.63, 3.8) is 0 Å². The van der Waals surface area contributed by atoms with Crippen molar-refractivity contribution in [1.82, 2.24) is 5.32 Å². The van der Waals surface area contributed by atoms with Crippen LogP contribution >= 0.6 is 0 Å². The summed E-state index contributed by atoms with van der Waals surface area (Å²) in [5, 5.41) is 12.9. The molecule has 0 saturated heterocycles. The van der Waals surface area contributed by atoms with Gasteiger partial charge in [0.15, 0.2) is 0 Å². The highest BCUT2D eigenvalue weighted by Gasteiger charge is 2.46. The monoisotopic (exact) mass is 288 g/mol. The van der Waals surface area contributed by atoms with Gasteiger partial charge in [0, 0.05) is 17.5 Å². The van der Waals surface area contributed by atoms with Crippen LogP contribution in [0.4, 0.5) is 0 Å². The van der Waals surface area contributed by atoms with E-state index in [2.05, 4.69) is 24.4 Å². The van der Waals surface area contributed by atoms with E-state index in [0.717, 1.165) is 19.3 Å². The Morgan fingerprint density at radius 1 is 1.38 bits per heavy atom. The molecule has 4 nitrogen and oxygen atoms in total. The van der Waals surface area contributed by atoms with E-state index < -0.39 is 6.10 Å². The van der Waals surface area contributed by atoms with Crippen LogP contribution in [0.15, 0.2) is 24.3 Å². The van der Waals surface area contributed by atoms with Crippen molar-refractivity contribution in [2.24, 2.45) is 11.7 Å². The van der Waals surface area contributed by atoms with E-state index >= 15 is 0 Å². The highest BCUT2D eigenvalue weighted by atomic mass is 16.3. The number of carbonyl (C=O) groups is 1. The van der Waals surface area contributed by atoms with Crippen molar-refractivity contribution in [1.29, 1.82) is 0 Å². The standard InChI is InChI=1S/C17H24N2O2/c1-11-4-2-3-5-12(11)10-17(6-7-17)19-16(21)13-8-14(18)15(20)9-13/h2-5,13-15,20H,6-10,18H2,1H3,(H,19,21)/t13-,14-,15-/m0/s1. The highest BCUT2D eigenvalue weighted by Crippen LogP contribution is 2.40. The van der Waals surface area contributed by atoms with Gasteiger partial charge in [-0.3, -0.25) is 4.79 Å². The minimum atomic E-state index is -0.535. The number of hydrogen-bond donors (Lipinski definition) is 3. The third-order valence-corrected chi connectivity index (χ3v) is 4.98. The van der Waals surface area contributed by atoms with Crippen LogP contribution in [0.1, 0.15) is 36.8 Å². The van der Waals surface area contributed by atoms with Gasteiger partial charge in [-0.1, -0.05) is 24.3 Å². The normalized spacial score (nSPS) is 30.1. The smallest absolute Gasteiger partial charge is 0.223 e. The number of amides is 1. The zero-order valence-electron chi connectivity index (χ0n) is 12.5. The third-order valence-electron chi connectivity index (χ3n) is 4.98. The molecule has 3 rings (SSSR count). The van der Waals surface area contributed by atoms with Gasteiger partial charge in [-0.25, -0.2) is 0 Å². The van der Waals surface area contributed by atoms with Crippen LogP contribution < -0.4 is 11.1 Å². The lowest BCUT2D eigenvalue weighted by Gasteiger charge is -2.21. The van der Waals surface area contributed by atoms with Crippen LogP contribution in [0.3, 0.4) is 0 Å². The Balaban J connectivity index is 1.62. The SMILES string of the molecule is Cc1ccccc1CC1(NC(=O)[C@H]2C[C@H](N)[C@@H](O)C2)CC1. The summed E-state index contributed by atoms with van der Waals surface area (Å²) in [6.45, 7) is 2.11. The fourth-order valence-electron chi connectivity index (χ4n) is 3.30. The summed E-state index contributed by atoms with van der Waals surface area (Å²) in [5.74, 6) is -0.0718. The van der Waals surface area contributed by atoms with Crippen LogP contribution in [0.5, 0.6) is 0 Å². The van der Waals surface area contributed by atoms with Gasteiger partial charge >= 0.3 is 0 Å². The molecule has 21 heavy (non-hydrogen) atoms. The number of aliphatic hydroxyl groups is 1. The number of hydrogen-bond acceptors (Lipinski definition) is 3. The van der Waals surface area contributed by atoms with Crippen molar-refractivity contribution >= 4 is 5.91 Å². The molecule has 2 saturated carbocycles. The number of aryl methyl sites for hydroxylation is 1. The molecule has 1 aromatic rings. The van der Waals surface area contributed by atoms with Gasteiger partial charge < -0.3 is 16.2 Å². The van der Waals surface area contributed by atoms with E-state index in [1.807, 2.05) is 12.1 Å². The molecule has 2 aliphatic carbocycles. The molecule has 0 radical (unpaired) electrons. The quantitative estimate of drug-likeness (QED) is 0.781. The summed E-state index contributed by atoms with van der Waals surface area (Å²) in [6, 6.07) is 8.08. The van der Waals surface area contributed by atoms with Crippen LogP contribution in [-0.4, -0.2) is 28.7 Å². The second-order valence-electron chi connectivity index (χ2n) is 6.77. The Bertz CT molecular complexity index is 529. The Kier molecular flexibility index (Phi) is 3.76. The van der Waals surface area contributed by atoms with Crippen molar-refractivity contribution in [3.05, 3.63) is 35.4 Å². The Hall–Kier alpha value is -1.39. The maximum Gasteiger partial charge on any atom is 0.223 e. The van der Waals surface area contributed by atoms with Gasteiger partial charge in [-0.05, 0) is 50.2 Å². The zero-order chi connectivity index (χ0) is 15.0. The lowest BCUT2D eigenvalue weighted by molar-refractivity contribution is -0.126. The molecule has 0 spiro atoms. The van der Waals surface area contributed by atoms with Gasteiger partial charge in [0.05, 0.1) is 6.10 Å². The number of aliphatic hydroxyl groups excluding tert-OH is 1. The molecular weight excluding hydrogens is 264 g/mol. The Morgan fingerprint density at radius 2 is 2.10 bits per heavy atom. The molecule has 2 aliphatic rings. The molecule has 1 amide bonds. The van der Waals surface area contributed by atoms with E-state index in [0.29, 0.717) is 12.8 Å². The second kappa shape index (κ2) is 5.43. The first-order valence-corrected chi connectivity index (χ1v) is 7.79. The number of nitrogens with one attached hydrogen (secondary N) is 1. The van der Waals surface area contributed by atoms with Gasteiger partial charge in [-0.15, -0.1) is 0 Å². The molecule has 0 bridgehead atoms. The third kappa shape index (κ3) is 3.11. The summed E-state index contributed by atoms with van der Waals surface area (Å²) >= 11 is 0. The molecule has 0 unspecified atom stereocenters. The average molecular weight is 288 g/mol.